The topological polar surface area (TPSA) is 95.6 Å². The van der Waals surface area contributed by atoms with Crippen LogP contribution in [0.5, 0.6) is 0 Å². The lowest BCUT2D eigenvalue weighted by molar-refractivity contribution is 0.312. The fourth-order valence-electron chi connectivity index (χ4n) is 3.71. The van der Waals surface area contributed by atoms with Gasteiger partial charge in [0.05, 0.1) is 6.04 Å². The van der Waals surface area contributed by atoms with E-state index in [9.17, 15) is 0 Å². The van der Waals surface area contributed by atoms with Crippen molar-refractivity contribution in [1.82, 2.24) is 19.7 Å². The molecule has 1 aliphatic rings. The lowest BCUT2D eigenvalue weighted by Crippen LogP contribution is -2.31. The van der Waals surface area contributed by atoms with Crippen molar-refractivity contribution in [2.75, 3.05) is 12.3 Å². The molecule has 3 atom stereocenters. The first-order valence-corrected chi connectivity index (χ1v) is 8.59. The van der Waals surface area contributed by atoms with Crippen molar-refractivity contribution in [2.45, 2.75) is 31.2 Å². The molecule has 3 heterocycles. The number of fused-ring (bicyclic) bond motifs is 1. The standard InChI is InChI=1S/C19H22N6/c1-12-9-16(14-3-2-8-22-11-14)17(10-20)19-23-18(24-25(12)19)13-4-6-15(21)7-5-13/h2-8,11-12,16-17H,9-10,20-21H2,1H3. The molecule has 0 radical (unpaired) electrons. The summed E-state index contributed by atoms with van der Waals surface area (Å²) in [6.45, 7) is 2.72. The Balaban J connectivity index is 1.76. The zero-order valence-electron chi connectivity index (χ0n) is 14.2. The molecule has 2 aromatic heterocycles. The number of nitrogens with two attached hydrogens (primary N) is 2. The third-order valence-corrected chi connectivity index (χ3v) is 5.02. The lowest BCUT2D eigenvalue weighted by atomic mass is 9.79. The van der Waals surface area contributed by atoms with Crippen LogP contribution < -0.4 is 11.5 Å². The number of hydrogen-bond acceptors (Lipinski definition) is 5. The average molecular weight is 334 g/mol. The number of pyridine rings is 1. The van der Waals surface area contributed by atoms with Gasteiger partial charge in [0.1, 0.15) is 5.82 Å². The van der Waals surface area contributed by atoms with Crippen LogP contribution in [0.1, 0.15) is 42.6 Å². The SMILES string of the molecule is CC1CC(c2cccnc2)C(CN)c2nc(-c3ccc(N)cc3)nn21. The van der Waals surface area contributed by atoms with E-state index in [1.54, 1.807) is 6.20 Å². The van der Waals surface area contributed by atoms with Crippen molar-refractivity contribution in [1.29, 1.82) is 0 Å². The molecule has 3 aromatic rings. The van der Waals surface area contributed by atoms with Crippen molar-refractivity contribution in [3.05, 3.63) is 60.2 Å². The predicted molar refractivity (Wildman–Crippen MR) is 98.0 cm³/mol. The van der Waals surface area contributed by atoms with Gasteiger partial charge >= 0.3 is 0 Å². The molecule has 128 valence electrons. The van der Waals surface area contributed by atoms with E-state index in [2.05, 4.69) is 18.0 Å². The Morgan fingerprint density at radius 3 is 2.68 bits per heavy atom. The Kier molecular flexibility index (Phi) is 3.97. The van der Waals surface area contributed by atoms with Crippen molar-refractivity contribution >= 4 is 5.69 Å². The number of nitrogens with zero attached hydrogens (tertiary/aromatic N) is 4. The van der Waals surface area contributed by atoms with Crippen LogP contribution in [0.3, 0.4) is 0 Å². The second kappa shape index (κ2) is 6.29. The highest BCUT2D eigenvalue weighted by Gasteiger charge is 2.36. The molecule has 25 heavy (non-hydrogen) atoms. The van der Waals surface area contributed by atoms with Gasteiger partial charge in [0.15, 0.2) is 5.82 Å². The second-order valence-corrected chi connectivity index (χ2v) is 6.68. The molecule has 0 aliphatic carbocycles. The number of aromatic nitrogens is 4. The normalized spacial score (nSPS) is 22.6. The van der Waals surface area contributed by atoms with E-state index in [0.29, 0.717) is 12.5 Å². The van der Waals surface area contributed by atoms with E-state index in [1.165, 1.54) is 5.56 Å². The molecule has 0 saturated heterocycles. The van der Waals surface area contributed by atoms with Gasteiger partial charge in [0.25, 0.3) is 0 Å². The van der Waals surface area contributed by atoms with E-state index in [0.717, 1.165) is 29.3 Å². The summed E-state index contributed by atoms with van der Waals surface area (Å²) in [6, 6.07) is 12.0. The van der Waals surface area contributed by atoms with Gasteiger partial charge in [0.2, 0.25) is 0 Å². The molecule has 1 aliphatic heterocycles. The first-order chi connectivity index (χ1) is 12.2. The summed E-state index contributed by atoms with van der Waals surface area (Å²) in [7, 11) is 0. The number of nitrogen functional groups attached to an aromatic ring is 1. The van der Waals surface area contributed by atoms with Crippen molar-refractivity contribution in [3.63, 3.8) is 0 Å². The molecule has 4 rings (SSSR count). The minimum absolute atomic E-state index is 0.135. The van der Waals surface area contributed by atoms with Crippen LogP contribution in [0.2, 0.25) is 0 Å². The molecule has 1 aromatic carbocycles. The third kappa shape index (κ3) is 2.78. The fourth-order valence-corrected chi connectivity index (χ4v) is 3.71. The highest BCUT2D eigenvalue weighted by molar-refractivity contribution is 5.58. The van der Waals surface area contributed by atoms with Crippen LogP contribution in [0, 0.1) is 0 Å². The van der Waals surface area contributed by atoms with Crippen LogP contribution in [-0.4, -0.2) is 26.3 Å². The molecular weight excluding hydrogens is 312 g/mol. The number of anilines is 1. The second-order valence-electron chi connectivity index (χ2n) is 6.68. The van der Waals surface area contributed by atoms with Crippen molar-refractivity contribution in [2.24, 2.45) is 5.73 Å². The minimum atomic E-state index is 0.135. The molecule has 0 spiro atoms. The zero-order valence-corrected chi connectivity index (χ0v) is 14.2. The van der Waals surface area contributed by atoms with Crippen molar-refractivity contribution in [3.8, 4) is 11.4 Å². The number of benzene rings is 1. The first-order valence-electron chi connectivity index (χ1n) is 8.59. The van der Waals surface area contributed by atoms with E-state index >= 15 is 0 Å². The molecule has 0 bridgehead atoms. The van der Waals surface area contributed by atoms with Crippen LogP contribution in [0.4, 0.5) is 5.69 Å². The minimum Gasteiger partial charge on any atom is -0.399 e. The van der Waals surface area contributed by atoms with Gasteiger partial charge in [-0.25, -0.2) is 9.67 Å². The maximum Gasteiger partial charge on any atom is 0.181 e. The Morgan fingerprint density at radius 1 is 1.20 bits per heavy atom. The maximum absolute atomic E-state index is 6.14. The Hall–Kier alpha value is -2.73. The maximum atomic E-state index is 6.14. The average Bonchev–Trinajstić information content (AvgIpc) is 3.09. The zero-order chi connectivity index (χ0) is 17.4. The summed E-state index contributed by atoms with van der Waals surface area (Å²) in [5.74, 6) is 2.13. The summed E-state index contributed by atoms with van der Waals surface area (Å²) >= 11 is 0. The lowest BCUT2D eigenvalue weighted by Gasteiger charge is -2.34. The highest BCUT2D eigenvalue weighted by atomic mass is 15.4. The quantitative estimate of drug-likeness (QED) is 0.718. The summed E-state index contributed by atoms with van der Waals surface area (Å²) in [6.07, 6.45) is 4.72. The van der Waals surface area contributed by atoms with Gasteiger partial charge < -0.3 is 11.5 Å². The largest absolute Gasteiger partial charge is 0.399 e. The molecular formula is C19H22N6. The summed E-state index contributed by atoms with van der Waals surface area (Å²) < 4.78 is 2.04. The van der Waals surface area contributed by atoms with E-state index in [-0.39, 0.29) is 12.0 Å². The van der Waals surface area contributed by atoms with Crippen LogP contribution in [0.25, 0.3) is 11.4 Å². The van der Waals surface area contributed by atoms with Gasteiger partial charge in [-0.1, -0.05) is 6.07 Å². The molecule has 0 amide bonds. The molecule has 6 nitrogen and oxygen atoms in total. The van der Waals surface area contributed by atoms with Crippen LogP contribution >= 0.6 is 0 Å². The van der Waals surface area contributed by atoms with Gasteiger partial charge in [-0.05, 0) is 55.2 Å². The van der Waals surface area contributed by atoms with Crippen molar-refractivity contribution < 1.29 is 0 Å². The Morgan fingerprint density at radius 2 is 2.00 bits per heavy atom. The molecule has 0 fully saturated rings. The van der Waals surface area contributed by atoms with Gasteiger partial charge in [0, 0.05) is 36.1 Å². The van der Waals surface area contributed by atoms with E-state index in [4.69, 9.17) is 21.5 Å². The Labute approximate surface area is 146 Å². The van der Waals surface area contributed by atoms with Gasteiger partial charge in [-0.3, -0.25) is 4.98 Å². The molecule has 0 saturated carbocycles. The molecule has 6 heteroatoms. The predicted octanol–water partition coefficient (Wildman–Crippen LogP) is 2.71. The number of hydrogen-bond donors (Lipinski definition) is 2. The Bertz CT molecular complexity index is 855. The highest BCUT2D eigenvalue weighted by Crippen LogP contribution is 2.43. The van der Waals surface area contributed by atoms with Crippen LogP contribution in [0.15, 0.2) is 48.8 Å². The summed E-state index contributed by atoms with van der Waals surface area (Å²) in [5.41, 5.74) is 14.8. The van der Waals surface area contributed by atoms with E-state index < -0.39 is 0 Å². The smallest absolute Gasteiger partial charge is 0.181 e. The fraction of sp³-hybridized carbons (Fsp3) is 0.316. The van der Waals surface area contributed by atoms with Gasteiger partial charge in [-0.15, -0.1) is 0 Å². The number of rotatable bonds is 3. The third-order valence-electron chi connectivity index (χ3n) is 5.02. The van der Waals surface area contributed by atoms with Gasteiger partial charge in [-0.2, -0.15) is 5.10 Å². The molecule has 3 unspecified atom stereocenters. The first kappa shape index (κ1) is 15.8. The monoisotopic (exact) mass is 334 g/mol. The van der Waals surface area contributed by atoms with Crippen LogP contribution in [-0.2, 0) is 0 Å². The summed E-state index contributed by atoms with van der Waals surface area (Å²) in [4.78, 5) is 9.11. The summed E-state index contributed by atoms with van der Waals surface area (Å²) in [5, 5.41) is 4.75. The molecule has 4 N–H and O–H groups in total. The van der Waals surface area contributed by atoms with E-state index in [1.807, 2.05) is 41.2 Å².